The van der Waals surface area contributed by atoms with Crippen LogP contribution in [0.1, 0.15) is 12.6 Å². The maximum Gasteiger partial charge on any atom is 0.302 e. The fourth-order valence-corrected chi connectivity index (χ4v) is 1.65. The molecule has 1 heterocycles. The van der Waals surface area contributed by atoms with Crippen molar-refractivity contribution in [3.8, 4) is 11.8 Å². The smallest absolute Gasteiger partial charge is 0.302 e. The Bertz CT molecular complexity index is 494. The molecule has 0 spiro atoms. The number of aryl methyl sites for hydroxylation is 2. The molecule has 16 heavy (non-hydrogen) atoms. The molecule has 0 radical (unpaired) electrons. The summed E-state index contributed by atoms with van der Waals surface area (Å²) in [4.78, 5) is 4.30. The van der Waals surface area contributed by atoms with Gasteiger partial charge in [-0.05, 0) is 32.0 Å². The molecule has 0 fully saturated rings. The van der Waals surface area contributed by atoms with Crippen LogP contribution in [0.3, 0.4) is 0 Å². The van der Waals surface area contributed by atoms with E-state index in [1.165, 1.54) is 0 Å². The van der Waals surface area contributed by atoms with Gasteiger partial charge in [-0.25, -0.2) is 4.98 Å². The van der Waals surface area contributed by atoms with Gasteiger partial charge < -0.3 is 9.30 Å². The van der Waals surface area contributed by atoms with Crippen molar-refractivity contribution in [1.29, 1.82) is 0 Å². The molecule has 84 valence electrons. The van der Waals surface area contributed by atoms with Crippen molar-refractivity contribution in [2.75, 3.05) is 0 Å². The number of rotatable bonds is 3. The molecule has 0 aliphatic rings. The summed E-state index contributed by atoms with van der Waals surface area (Å²) >= 11 is 5.88. The van der Waals surface area contributed by atoms with E-state index >= 15 is 0 Å². The summed E-state index contributed by atoms with van der Waals surface area (Å²) in [6.07, 6.45) is 1.96. The van der Waals surface area contributed by atoms with Crippen LogP contribution in [0.25, 0.3) is 0 Å². The summed E-state index contributed by atoms with van der Waals surface area (Å²) in [5.41, 5.74) is 0.943. The zero-order chi connectivity index (χ0) is 11.5. The van der Waals surface area contributed by atoms with Gasteiger partial charge in [0.05, 0.1) is 5.69 Å². The Labute approximate surface area is 99.6 Å². The van der Waals surface area contributed by atoms with Crippen LogP contribution >= 0.6 is 11.6 Å². The van der Waals surface area contributed by atoms with Crippen molar-refractivity contribution in [3.63, 3.8) is 0 Å². The van der Waals surface area contributed by atoms with Crippen molar-refractivity contribution in [2.45, 2.75) is 20.4 Å². The van der Waals surface area contributed by atoms with E-state index in [1.54, 1.807) is 6.07 Å². The summed E-state index contributed by atoms with van der Waals surface area (Å²) in [5.74, 6) is 0.702. The normalized spacial score (nSPS) is 10.4. The molecule has 0 saturated heterocycles. The summed E-state index contributed by atoms with van der Waals surface area (Å²) in [6.45, 7) is 4.82. The maximum atomic E-state index is 5.88. The standard InChI is InChI=1S/C12H13ClN2O/c1-3-15-8-9(2)14-12(15)16-11-6-4-5-10(13)7-11/h4-8H,3H2,1-2H3. The maximum absolute atomic E-state index is 5.88. The van der Waals surface area contributed by atoms with Gasteiger partial charge in [0.15, 0.2) is 0 Å². The first-order valence-electron chi connectivity index (χ1n) is 5.16. The third-order valence-electron chi connectivity index (χ3n) is 2.21. The molecule has 0 aliphatic heterocycles. The summed E-state index contributed by atoms with van der Waals surface area (Å²) in [7, 11) is 0. The molecular formula is C12H13ClN2O. The third-order valence-corrected chi connectivity index (χ3v) is 2.44. The topological polar surface area (TPSA) is 27.1 Å². The van der Waals surface area contributed by atoms with Crippen LogP contribution in [0.4, 0.5) is 0 Å². The second-order valence-corrected chi connectivity index (χ2v) is 3.95. The van der Waals surface area contributed by atoms with Gasteiger partial charge in [-0.15, -0.1) is 0 Å². The largest absolute Gasteiger partial charge is 0.425 e. The van der Waals surface area contributed by atoms with Crippen molar-refractivity contribution in [2.24, 2.45) is 0 Å². The molecule has 1 aromatic heterocycles. The average Bonchev–Trinajstić information content (AvgIpc) is 2.59. The molecule has 0 bridgehead atoms. The van der Waals surface area contributed by atoms with Gasteiger partial charge in [-0.3, -0.25) is 0 Å². The Balaban J connectivity index is 2.26. The monoisotopic (exact) mass is 236 g/mol. The number of aromatic nitrogens is 2. The predicted octanol–water partition coefficient (Wildman–Crippen LogP) is 3.66. The Morgan fingerprint density at radius 2 is 2.25 bits per heavy atom. The fourth-order valence-electron chi connectivity index (χ4n) is 1.47. The van der Waals surface area contributed by atoms with Gasteiger partial charge in [-0.1, -0.05) is 17.7 Å². The molecule has 0 amide bonds. The number of hydrogen-bond acceptors (Lipinski definition) is 2. The highest BCUT2D eigenvalue weighted by atomic mass is 35.5. The molecule has 0 aliphatic carbocycles. The highest BCUT2D eigenvalue weighted by molar-refractivity contribution is 6.30. The number of halogens is 1. The predicted molar refractivity (Wildman–Crippen MR) is 64.2 cm³/mol. The van der Waals surface area contributed by atoms with Crippen LogP contribution in [0, 0.1) is 6.92 Å². The molecule has 2 rings (SSSR count). The van der Waals surface area contributed by atoms with Crippen LogP contribution < -0.4 is 4.74 Å². The SMILES string of the molecule is CCn1cc(C)nc1Oc1cccc(Cl)c1. The first-order chi connectivity index (χ1) is 7.69. The van der Waals surface area contributed by atoms with Crippen molar-refractivity contribution >= 4 is 11.6 Å². The first-order valence-corrected chi connectivity index (χ1v) is 5.54. The molecule has 0 unspecified atom stereocenters. The number of nitrogens with zero attached hydrogens (tertiary/aromatic N) is 2. The third kappa shape index (κ3) is 2.36. The Morgan fingerprint density at radius 3 is 2.94 bits per heavy atom. The lowest BCUT2D eigenvalue weighted by Gasteiger charge is -2.06. The number of benzene rings is 1. The second kappa shape index (κ2) is 4.58. The summed E-state index contributed by atoms with van der Waals surface area (Å²) in [5, 5.41) is 0.656. The number of hydrogen-bond donors (Lipinski definition) is 0. The van der Waals surface area contributed by atoms with Gasteiger partial charge in [0.1, 0.15) is 5.75 Å². The van der Waals surface area contributed by atoms with Crippen molar-refractivity contribution < 1.29 is 4.74 Å². The van der Waals surface area contributed by atoms with E-state index in [0.29, 0.717) is 16.8 Å². The van der Waals surface area contributed by atoms with Gasteiger partial charge in [0.2, 0.25) is 0 Å². The fraction of sp³-hybridized carbons (Fsp3) is 0.250. The lowest BCUT2D eigenvalue weighted by molar-refractivity contribution is 0.415. The Hall–Kier alpha value is -1.48. The highest BCUT2D eigenvalue weighted by Gasteiger charge is 2.06. The molecule has 3 nitrogen and oxygen atoms in total. The number of ether oxygens (including phenoxy) is 1. The van der Waals surface area contributed by atoms with E-state index < -0.39 is 0 Å². The molecule has 4 heteroatoms. The van der Waals surface area contributed by atoms with E-state index in [1.807, 2.05) is 42.8 Å². The van der Waals surface area contributed by atoms with Crippen LogP contribution in [-0.4, -0.2) is 9.55 Å². The zero-order valence-electron chi connectivity index (χ0n) is 9.27. The molecule has 0 saturated carbocycles. The quantitative estimate of drug-likeness (QED) is 0.813. The van der Waals surface area contributed by atoms with E-state index in [4.69, 9.17) is 16.3 Å². The minimum absolute atomic E-state index is 0.599. The Morgan fingerprint density at radius 1 is 1.44 bits per heavy atom. The van der Waals surface area contributed by atoms with Gasteiger partial charge >= 0.3 is 6.01 Å². The van der Waals surface area contributed by atoms with Crippen LogP contribution in [0.15, 0.2) is 30.5 Å². The summed E-state index contributed by atoms with van der Waals surface area (Å²) < 4.78 is 7.62. The van der Waals surface area contributed by atoms with Crippen LogP contribution in [-0.2, 0) is 6.54 Å². The van der Waals surface area contributed by atoms with Gasteiger partial charge in [-0.2, -0.15) is 0 Å². The minimum Gasteiger partial charge on any atom is -0.425 e. The Kier molecular flexibility index (Phi) is 3.15. The molecule has 2 aromatic rings. The zero-order valence-corrected chi connectivity index (χ0v) is 10.0. The van der Waals surface area contributed by atoms with Crippen molar-refractivity contribution in [3.05, 3.63) is 41.2 Å². The second-order valence-electron chi connectivity index (χ2n) is 3.51. The van der Waals surface area contributed by atoms with Gasteiger partial charge in [0, 0.05) is 17.8 Å². The van der Waals surface area contributed by atoms with E-state index in [2.05, 4.69) is 4.98 Å². The van der Waals surface area contributed by atoms with Crippen LogP contribution in [0.5, 0.6) is 11.8 Å². The highest BCUT2D eigenvalue weighted by Crippen LogP contribution is 2.23. The number of imidazole rings is 1. The van der Waals surface area contributed by atoms with Gasteiger partial charge in [0.25, 0.3) is 0 Å². The van der Waals surface area contributed by atoms with E-state index in [9.17, 15) is 0 Å². The molecule has 0 atom stereocenters. The van der Waals surface area contributed by atoms with Crippen molar-refractivity contribution in [1.82, 2.24) is 9.55 Å². The van der Waals surface area contributed by atoms with Crippen LogP contribution in [0.2, 0.25) is 5.02 Å². The lowest BCUT2D eigenvalue weighted by Crippen LogP contribution is -1.96. The minimum atomic E-state index is 0.599. The molecular weight excluding hydrogens is 224 g/mol. The lowest BCUT2D eigenvalue weighted by atomic mass is 10.3. The summed E-state index contributed by atoms with van der Waals surface area (Å²) in [6, 6.07) is 7.89. The first kappa shape index (κ1) is 11.0. The van der Waals surface area contributed by atoms with E-state index in [0.717, 1.165) is 12.2 Å². The average molecular weight is 237 g/mol. The molecule has 1 aromatic carbocycles. The van der Waals surface area contributed by atoms with E-state index in [-0.39, 0.29) is 0 Å². The molecule has 0 N–H and O–H groups in total.